The molecular formula is C16H15F2N3O3. The van der Waals surface area contributed by atoms with E-state index in [0.717, 1.165) is 6.07 Å². The lowest BCUT2D eigenvalue weighted by Gasteiger charge is -2.26. The SMILES string of the molecule is O=C(O)N[C@@H]1c2nccnc2[C@@H](O)CC[C@@H]1c1cccc(F)c1F. The second-order valence-electron chi connectivity index (χ2n) is 5.60. The number of hydrogen-bond acceptors (Lipinski definition) is 4. The number of aromatic nitrogens is 2. The number of benzene rings is 1. The third-order valence-electron chi connectivity index (χ3n) is 4.18. The number of nitrogens with one attached hydrogen (secondary N) is 1. The quantitative estimate of drug-likeness (QED) is 0.734. The zero-order valence-corrected chi connectivity index (χ0v) is 12.5. The number of fused-ring (bicyclic) bond motifs is 1. The van der Waals surface area contributed by atoms with Crippen LogP contribution in [0.25, 0.3) is 0 Å². The van der Waals surface area contributed by atoms with Gasteiger partial charge < -0.3 is 15.5 Å². The van der Waals surface area contributed by atoms with E-state index in [-0.39, 0.29) is 29.8 Å². The summed E-state index contributed by atoms with van der Waals surface area (Å²) >= 11 is 0. The number of carbonyl (C=O) groups is 1. The predicted octanol–water partition coefficient (Wildman–Crippen LogP) is 2.67. The molecule has 0 spiro atoms. The van der Waals surface area contributed by atoms with E-state index in [2.05, 4.69) is 15.3 Å². The van der Waals surface area contributed by atoms with Crippen LogP contribution in [0.15, 0.2) is 30.6 Å². The minimum Gasteiger partial charge on any atom is -0.465 e. The summed E-state index contributed by atoms with van der Waals surface area (Å²) in [4.78, 5) is 19.4. The highest BCUT2D eigenvalue weighted by atomic mass is 19.2. The second kappa shape index (κ2) is 6.48. The predicted molar refractivity (Wildman–Crippen MR) is 79.2 cm³/mol. The minimum atomic E-state index is -1.32. The standard InChI is InChI=1S/C16H15F2N3O3/c17-10-3-1-2-8(12(10)18)9-4-5-11(22)14-15(20-7-6-19-14)13(9)21-16(23)24/h1-3,6-7,9,11,13,21-22H,4-5H2,(H,23,24)/t9-,11+,13+/m1/s1. The van der Waals surface area contributed by atoms with Crippen molar-refractivity contribution in [2.75, 3.05) is 0 Å². The van der Waals surface area contributed by atoms with Gasteiger partial charge in [-0.15, -0.1) is 0 Å². The van der Waals surface area contributed by atoms with Gasteiger partial charge in [0.2, 0.25) is 0 Å². The van der Waals surface area contributed by atoms with E-state index in [4.69, 9.17) is 5.11 Å². The van der Waals surface area contributed by atoms with E-state index in [1.807, 2.05) is 0 Å². The van der Waals surface area contributed by atoms with Gasteiger partial charge in [-0.2, -0.15) is 0 Å². The molecule has 1 aromatic carbocycles. The molecule has 3 N–H and O–H groups in total. The maximum atomic E-state index is 14.3. The summed E-state index contributed by atoms with van der Waals surface area (Å²) in [7, 11) is 0. The number of hydrogen-bond donors (Lipinski definition) is 3. The van der Waals surface area contributed by atoms with Crippen molar-refractivity contribution >= 4 is 6.09 Å². The molecule has 24 heavy (non-hydrogen) atoms. The van der Waals surface area contributed by atoms with Crippen LogP contribution >= 0.6 is 0 Å². The molecule has 1 aromatic heterocycles. The molecule has 0 saturated heterocycles. The third kappa shape index (κ3) is 2.92. The Morgan fingerprint density at radius 3 is 2.58 bits per heavy atom. The van der Waals surface area contributed by atoms with Crippen molar-refractivity contribution < 1.29 is 23.8 Å². The fraction of sp³-hybridized carbons (Fsp3) is 0.312. The zero-order chi connectivity index (χ0) is 17.3. The molecule has 0 unspecified atom stereocenters. The van der Waals surface area contributed by atoms with E-state index in [1.54, 1.807) is 0 Å². The molecule has 0 saturated carbocycles. The number of rotatable bonds is 2. The molecule has 1 aliphatic rings. The Labute approximate surface area is 136 Å². The van der Waals surface area contributed by atoms with E-state index in [0.29, 0.717) is 0 Å². The zero-order valence-electron chi connectivity index (χ0n) is 12.5. The van der Waals surface area contributed by atoms with Gasteiger partial charge in [0, 0.05) is 18.3 Å². The topological polar surface area (TPSA) is 95.3 Å². The maximum Gasteiger partial charge on any atom is 0.405 e. The first-order valence-corrected chi connectivity index (χ1v) is 7.41. The fourth-order valence-electron chi connectivity index (χ4n) is 3.13. The third-order valence-corrected chi connectivity index (χ3v) is 4.18. The number of aliphatic hydroxyl groups excluding tert-OH is 1. The first-order valence-electron chi connectivity index (χ1n) is 7.41. The van der Waals surface area contributed by atoms with Crippen LogP contribution in [0.5, 0.6) is 0 Å². The molecule has 3 atom stereocenters. The van der Waals surface area contributed by atoms with Crippen LogP contribution in [0.2, 0.25) is 0 Å². The molecule has 0 radical (unpaired) electrons. The van der Waals surface area contributed by atoms with Crippen molar-refractivity contribution in [3.8, 4) is 0 Å². The highest BCUT2D eigenvalue weighted by molar-refractivity contribution is 5.65. The number of aliphatic hydroxyl groups is 1. The van der Waals surface area contributed by atoms with Crippen LogP contribution in [0, 0.1) is 11.6 Å². The van der Waals surface area contributed by atoms with Gasteiger partial charge in [0.1, 0.15) is 0 Å². The Morgan fingerprint density at radius 1 is 1.17 bits per heavy atom. The molecule has 1 aliphatic carbocycles. The molecule has 1 amide bonds. The molecule has 3 rings (SSSR count). The van der Waals surface area contributed by atoms with E-state index < -0.39 is 35.8 Å². The Bertz CT molecular complexity index is 772. The molecule has 1 heterocycles. The molecule has 126 valence electrons. The summed E-state index contributed by atoms with van der Waals surface area (Å²) in [5.41, 5.74) is 0.508. The summed E-state index contributed by atoms with van der Waals surface area (Å²) in [6, 6.07) is 2.83. The van der Waals surface area contributed by atoms with Crippen LogP contribution < -0.4 is 5.32 Å². The molecule has 6 nitrogen and oxygen atoms in total. The lowest BCUT2D eigenvalue weighted by atomic mass is 9.86. The molecule has 0 bridgehead atoms. The minimum absolute atomic E-state index is 0.0412. The van der Waals surface area contributed by atoms with Crippen molar-refractivity contribution in [3.05, 3.63) is 59.2 Å². The molecule has 8 heteroatoms. The first-order chi connectivity index (χ1) is 11.5. The number of nitrogens with zero attached hydrogens (tertiary/aromatic N) is 2. The van der Waals surface area contributed by atoms with Crippen molar-refractivity contribution in [2.45, 2.75) is 30.9 Å². The summed E-state index contributed by atoms with van der Waals surface area (Å²) in [6.07, 6.45) is 0.951. The van der Waals surface area contributed by atoms with Crippen molar-refractivity contribution in [1.29, 1.82) is 0 Å². The van der Waals surface area contributed by atoms with E-state index in [1.165, 1.54) is 24.5 Å². The summed E-state index contributed by atoms with van der Waals surface area (Å²) < 4.78 is 27.9. The van der Waals surface area contributed by atoms with Gasteiger partial charge in [-0.1, -0.05) is 12.1 Å². The van der Waals surface area contributed by atoms with Crippen molar-refractivity contribution in [3.63, 3.8) is 0 Å². The number of amides is 1. The van der Waals surface area contributed by atoms with Crippen LogP contribution in [0.4, 0.5) is 13.6 Å². The summed E-state index contributed by atoms with van der Waals surface area (Å²) in [5.74, 6) is -2.75. The Balaban J connectivity index is 2.14. The molecule has 2 aromatic rings. The van der Waals surface area contributed by atoms with E-state index >= 15 is 0 Å². The van der Waals surface area contributed by atoms with Gasteiger partial charge in [-0.25, -0.2) is 13.6 Å². The van der Waals surface area contributed by atoms with Crippen LogP contribution in [0.3, 0.4) is 0 Å². The summed E-state index contributed by atoms with van der Waals surface area (Å²) in [5, 5.41) is 21.7. The maximum absolute atomic E-state index is 14.3. The Hall–Kier alpha value is -2.61. The lowest BCUT2D eigenvalue weighted by molar-refractivity contribution is 0.159. The second-order valence-corrected chi connectivity index (χ2v) is 5.60. The highest BCUT2D eigenvalue weighted by Gasteiger charge is 2.36. The van der Waals surface area contributed by atoms with Gasteiger partial charge in [0.05, 0.1) is 23.5 Å². The average molecular weight is 335 g/mol. The molecular weight excluding hydrogens is 320 g/mol. The first kappa shape index (κ1) is 16.3. The highest BCUT2D eigenvalue weighted by Crippen LogP contribution is 2.42. The molecule has 0 aliphatic heterocycles. The van der Waals surface area contributed by atoms with Crippen molar-refractivity contribution in [2.24, 2.45) is 0 Å². The van der Waals surface area contributed by atoms with Gasteiger partial charge >= 0.3 is 6.09 Å². The average Bonchev–Trinajstić information content (AvgIpc) is 2.69. The van der Waals surface area contributed by atoms with Gasteiger partial charge in [-0.05, 0) is 24.5 Å². The monoisotopic (exact) mass is 335 g/mol. The van der Waals surface area contributed by atoms with Gasteiger partial charge in [0.15, 0.2) is 11.6 Å². The normalized spacial score (nSPS) is 23.2. The van der Waals surface area contributed by atoms with Crippen LogP contribution in [0.1, 0.15) is 47.9 Å². The Morgan fingerprint density at radius 2 is 1.88 bits per heavy atom. The number of halogens is 2. The largest absolute Gasteiger partial charge is 0.465 e. The lowest BCUT2D eigenvalue weighted by Crippen LogP contribution is -2.32. The fourth-order valence-corrected chi connectivity index (χ4v) is 3.13. The summed E-state index contributed by atoms with van der Waals surface area (Å²) in [6.45, 7) is 0. The Kier molecular flexibility index (Phi) is 4.39. The van der Waals surface area contributed by atoms with Crippen LogP contribution in [-0.2, 0) is 0 Å². The van der Waals surface area contributed by atoms with Gasteiger partial charge in [-0.3, -0.25) is 9.97 Å². The van der Waals surface area contributed by atoms with Crippen LogP contribution in [-0.4, -0.2) is 26.3 Å². The van der Waals surface area contributed by atoms with E-state index in [9.17, 15) is 18.7 Å². The molecule has 0 fully saturated rings. The van der Waals surface area contributed by atoms with Gasteiger partial charge in [0.25, 0.3) is 0 Å². The number of carboxylic acid groups (broad SMARTS) is 1. The smallest absolute Gasteiger partial charge is 0.405 e. The van der Waals surface area contributed by atoms with Crippen molar-refractivity contribution in [1.82, 2.24) is 15.3 Å².